The molecule has 0 atom stereocenters. The topological polar surface area (TPSA) is 64.0 Å². The van der Waals surface area contributed by atoms with Crippen LogP contribution in [0.3, 0.4) is 0 Å². The average molecular weight is 459 g/mol. The molecule has 0 bridgehead atoms. The first-order valence-corrected chi connectivity index (χ1v) is 9.99. The maximum atomic E-state index is 13.0. The van der Waals surface area contributed by atoms with Crippen molar-refractivity contribution in [1.82, 2.24) is 9.55 Å². The summed E-state index contributed by atoms with van der Waals surface area (Å²) in [6.45, 7) is 0. The summed E-state index contributed by atoms with van der Waals surface area (Å²) >= 11 is 19.0. The van der Waals surface area contributed by atoms with Gasteiger partial charge < -0.3 is 9.88 Å². The van der Waals surface area contributed by atoms with Crippen molar-refractivity contribution in [3.63, 3.8) is 0 Å². The van der Waals surface area contributed by atoms with Crippen molar-refractivity contribution >= 4 is 57.3 Å². The van der Waals surface area contributed by atoms with Gasteiger partial charge in [0.25, 0.3) is 11.5 Å². The first kappa shape index (κ1) is 20.4. The van der Waals surface area contributed by atoms with E-state index in [-0.39, 0.29) is 16.5 Å². The minimum absolute atomic E-state index is 0.165. The van der Waals surface area contributed by atoms with E-state index >= 15 is 0 Å². The van der Waals surface area contributed by atoms with Crippen molar-refractivity contribution in [3.8, 4) is 11.1 Å². The SMILES string of the molecule is Cn1c(=O)c(-c2c(Cl)ccc(NC(=O)c3cccc(Cl)c3)c2Cl)cc2cnccc21. The highest BCUT2D eigenvalue weighted by molar-refractivity contribution is 6.41. The highest BCUT2D eigenvalue weighted by atomic mass is 35.5. The Hall–Kier alpha value is -2.86. The summed E-state index contributed by atoms with van der Waals surface area (Å²) in [6, 6.07) is 13.2. The van der Waals surface area contributed by atoms with Crippen LogP contribution in [0.15, 0.2) is 65.7 Å². The Bertz CT molecular complexity index is 1370. The first-order valence-electron chi connectivity index (χ1n) is 8.86. The van der Waals surface area contributed by atoms with Crippen LogP contribution in [0.5, 0.6) is 0 Å². The summed E-state index contributed by atoms with van der Waals surface area (Å²) in [6.07, 6.45) is 3.28. The molecule has 0 radical (unpaired) electrons. The van der Waals surface area contributed by atoms with Gasteiger partial charge in [0.05, 0.1) is 26.8 Å². The Morgan fingerprint density at radius 1 is 1.07 bits per heavy atom. The third kappa shape index (κ3) is 3.67. The van der Waals surface area contributed by atoms with E-state index in [0.29, 0.717) is 32.4 Å². The number of fused-ring (bicyclic) bond motifs is 1. The maximum absolute atomic E-state index is 13.0. The molecule has 0 spiro atoms. The van der Waals surface area contributed by atoms with Crippen LogP contribution in [0.1, 0.15) is 10.4 Å². The van der Waals surface area contributed by atoms with Gasteiger partial charge in [-0.25, -0.2) is 0 Å². The number of anilines is 1. The van der Waals surface area contributed by atoms with Crippen LogP contribution in [-0.2, 0) is 7.05 Å². The first-order chi connectivity index (χ1) is 14.4. The van der Waals surface area contributed by atoms with Crippen LogP contribution in [0.2, 0.25) is 15.1 Å². The number of aromatic nitrogens is 2. The lowest BCUT2D eigenvalue weighted by atomic mass is 10.0. The monoisotopic (exact) mass is 457 g/mol. The minimum Gasteiger partial charge on any atom is -0.321 e. The summed E-state index contributed by atoms with van der Waals surface area (Å²) in [7, 11) is 1.67. The summed E-state index contributed by atoms with van der Waals surface area (Å²) in [5.41, 5.74) is 1.82. The molecule has 0 saturated carbocycles. The van der Waals surface area contributed by atoms with E-state index in [1.165, 1.54) is 4.57 Å². The normalized spacial score (nSPS) is 10.9. The largest absolute Gasteiger partial charge is 0.321 e. The van der Waals surface area contributed by atoms with Gasteiger partial charge in [0.15, 0.2) is 0 Å². The smallest absolute Gasteiger partial charge is 0.258 e. The molecule has 0 unspecified atom stereocenters. The van der Waals surface area contributed by atoms with Gasteiger partial charge in [-0.3, -0.25) is 14.6 Å². The lowest BCUT2D eigenvalue weighted by Gasteiger charge is -2.14. The Morgan fingerprint density at radius 3 is 2.63 bits per heavy atom. The van der Waals surface area contributed by atoms with Crippen LogP contribution >= 0.6 is 34.8 Å². The Labute approximate surface area is 186 Å². The molecule has 4 aromatic rings. The van der Waals surface area contributed by atoms with Gasteiger partial charge in [-0.15, -0.1) is 0 Å². The highest BCUT2D eigenvalue weighted by Gasteiger charge is 2.19. The zero-order valence-electron chi connectivity index (χ0n) is 15.6. The fourth-order valence-corrected chi connectivity index (χ4v) is 4.03. The van der Waals surface area contributed by atoms with Gasteiger partial charge in [0.2, 0.25) is 0 Å². The number of hydrogen-bond donors (Lipinski definition) is 1. The summed E-state index contributed by atoms with van der Waals surface area (Å²) in [4.78, 5) is 29.7. The van der Waals surface area contributed by atoms with Crippen LogP contribution in [0.4, 0.5) is 5.69 Å². The van der Waals surface area contributed by atoms with Crippen molar-refractivity contribution in [2.45, 2.75) is 0 Å². The number of amides is 1. The van der Waals surface area contributed by atoms with Crippen molar-refractivity contribution in [2.24, 2.45) is 7.05 Å². The molecule has 150 valence electrons. The average Bonchev–Trinajstić information content (AvgIpc) is 2.73. The maximum Gasteiger partial charge on any atom is 0.258 e. The van der Waals surface area contributed by atoms with E-state index < -0.39 is 0 Å². The summed E-state index contributed by atoms with van der Waals surface area (Å²) in [5, 5.41) is 4.41. The molecule has 1 N–H and O–H groups in total. The van der Waals surface area contributed by atoms with E-state index in [1.807, 2.05) is 0 Å². The molecule has 1 amide bonds. The number of nitrogens with zero attached hydrogens (tertiary/aromatic N) is 2. The number of pyridine rings is 2. The van der Waals surface area contributed by atoms with Crippen LogP contribution in [0.25, 0.3) is 22.0 Å². The number of aryl methyl sites for hydroxylation is 1. The molecular weight excluding hydrogens is 445 g/mol. The molecule has 2 aromatic carbocycles. The molecule has 0 aliphatic carbocycles. The fraction of sp³-hybridized carbons (Fsp3) is 0.0455. The second-order valence-corrected chi connectivity index (χ2v) is 7.83. The van der Waals surface area contributed by atoms with Crippen molar-refractivity contribution in [3.05, 3.63) is 91.9 Å². The lowest BCUT2D eigenvalue weighted by Crippen LogP contribution is -2.19. The number of hydrogen-bond acceptors (Lipinski definition) is 3. The number of nitrogens with one attached hydrogen (secondary N) is 1. The third-order valence-electron chi connectivity index (χ3n) is 4.72. The molecule has 0 aliphatic heterocycles. The van der Waals surface area contributed by atoms with Crippen LogP contribution in [0, 0.1) is 0 Å². The number of benzene rings is 2. The van der Waals surface area contributed by atoms with Gasteiger partial charge >= 0.3 is 0 Å². The molecule has 30 heavy (non-hydrogen) atoms. The van der Waals surface area contributed by atoms with E-state index in [1.54, 1.807) is 68.0 Å². The quantitative estimate of drug-likeness (QED) is 0.421. The third-order valence-corrected chi connectivity index (χ3v) is 5.66. The molecule has 4 rings (SSSR count). The molecule has 5 nitrogen and oxygen atoms in total. The highest BCUT2D eigenvalue weighted by Crippen LogP contribution is 2.39. The summed E-state index contributed by atoms with van der Waals surface area (Å²) < 4.78 is 1.51. The van der Waals surface area contributed by atoms with Crippen LogP contribution < -0.4 is 10.9 Å². The Balaban J connectivity index is 1.83. The molecule has 0 fully saturated rings. The van der Waals surface area contributed by atoms with Gasteiger partial charge in [-0.05, 0) is 42.5 Å². The predicted octanol–water partition coefficient (Wildman–Crippen LogP) is 5.81. The number of carbonyl (C=O) groups is 1. The predicted molar refractivity (Wildman–Crippen MR) is 122 cm³/mol. The number of rotatable bonds is 3. The molecule has 2 aromatic heterocycles. The molecule has 8 heteroatoms. The zero-order chi connectivity index (χ0) is 21.4. The summed E-state index contributed by atoms with van der Waals surface area (Å²) in [5.74, 6) is -0.386. The molecule has 0 saturated heterocycles. The zero-order valence-corrected chi connectivity index (χ0v) is 17.9. The van der Waals surface area contributed by atoms with Gasteiger partial charge in [0.1, 0.15) is 0 Å². The van der Waals surface area contributed by atoms with Gasteiger partial charge in [0, 0.05) is 41.0 Å². The van der Waals surface area contributed by atoms with Crippen molar-refractivity contribution in [2.75, 3.05) is 5.32 Å². The number of carbonyl (C=O) groups excluding carboxylic acids is 1. The second-order valence-electron chi connectivity index (χ2n) is 6.61. The van der Waals surface area contributed by atoms with E-state index in [4.69, 9.17) is 34.8 Å². The van der Waals surface area contributed by atoms with Crippen molar-refractivity contribution < 1.29 is 4.79 Å². The Kier molecular flexibility index (Phi) is 5.52. The van der Waals surface area contributed by atoms with Gasteiger partial charge in [-0.2, -0.15) is 0 Å². The lowest BCUT2D eigenvalue weighted by molar-refractivity contribution is 0.102. The molecule has 0 aliphatic rings. The van der Waals surface area contributed by atoms with E-state index in [9.17, 15) is 9.59 Å². The Morgan fingerprint density at radius 2 is 1.87 bits per heavy atom. The van der Waals surface area contributed by atoms with E-state index in [2.05, 4.69) is 10.3 Å². The minimum atomic E-state index is -0.386. The van der Waals surface area contributed by atoms with Crippen molar-refractivity contribution in [1.29, 1.82) is 0 Å². The fourth-order valence-electron chi connectivity index (χ4n) is 3.22. The molecule has 2 heterocycles. The second kappa shape index (κ2) is 8.11. The standard InChI is InChI=1S/C22H14Cl3N3O2/c1-28-18-7-8-26-11-13(18)10-15(22(28)30)19-16(24)5-6-17(20(19)25)27-21(29)12-3-2-4-14(23)9-12/h2-11H,1H3,(H,27,29). The number of halogens is 3. The van der Waals surface area contributed by atoms with E-state index in [0.717, 1.165) is 10.9 Å². The van der Waals surface area contributed by atoms with Crippen LogP contribution in [-0.4, -0.2) is 15.5 Å². The van der Waals surface area contributed by atoms with Gasteiger partial charge in [-0.1, -0.05) is 40.9 Å². The molecular formula is C22H14Cl3N3O2.